The summed E-state index contributed by atoms with van der Waals surface area (Å²) in [6.07, 6.45) is 2.89. The average Bonchev–Trinajstić information content (AvgIpc) is 3.45. The largest absolute Gasteiger partial charge is 0.490 e. The number of anilines is 1. The standard InChI is InChI=1S/C30H31F2N5O3/c1-18-24-17-22(40-27-9-14-35-29-23(27)8-13-34-29)4-2-19(24)10-15-37(18)30(38)36-20-3-5-26(25(16-20)28(31)32)39-21-6-11-33-12-7-21/h2-5,8-9,13-14,16-18,21,28,33H,6-7,10-12,15H2,1H3,(H,34,35)(H,36,38)/t18-/m0/s1. The first kappa shape index (κ1) is 26.1. The summed E-state index contributed by atoms with van der Waals surface area (Å²) in [4.78, 5) is 22.4. The number of ether oxygens (including phenoxy) is 2. The van der Waals surface area contributed by atoms with Gasteiger partial charge >= 0.3 is 6.03 Å². The van der Waals surface area contributed by atoms with E-state index in [2.05, 4.69) is 20.6 Å². The molecule has 1 fully saturated rings. The number of hydrogen-bond donors (Lipinski definition) is 3. The zero-order valence-electron chi connectivity index (χ0n) is 22.1. The van der Waals surface area contributed by atoms with E-state index in [0.29, 0.717) is 30.2 Å². The van der Waals surface area contributed by atoms with E-state index in [1.165, 1.54) is 12.1 Å². The van der Waals surface area contributed by atoms with Crippen LogP contribution in [0.4, 0.5) is 19.3 Å². The minimum atomic E-state index is -2.72. The van der Waals surface area contributed by atoms with Gasteiger partial charge in [-0.2, -0.15) is 0 Å². The van der Waals surface area contributed by atoms with Crippen LogP contribution >= 0.6 is 0 Å². The van der Waals surface area contributed by atoms with Gasteiger partial charge in [-0.25, -0.2) is 18.6 Å². The quantitative estimate of drug-likeness (QED) is 0.254. The van der Waals surface area contributed by atoms with E-state index >= 15 is 0 Å². The Morgan fingerprint density at radius 3 is 2.77 bits per heavy atom. The summed E-state index contributed by atoms with van der Waals surface area (Å²) in [5.41, 5.74) is 2.96. The number of fused-ring (bicyclic) bond motifs is 2. The summed E-state index contributed by atoms with van der Waals surface area (Å²) in [5, 5.41) is 6.93. The molecule has 6 rings (SSSR count). The van der Waals surface area contributed by atoms with E-state index in [4.69, 9.17) is 9.47 Å². The van der Waals surface area contributed by atoms with Crippen LogP contribution in [0.2, 0.25) is 0 Å². The van der Waals surface area contributed by atoms with Crippen LogP contribution in [0, 0.1) is 0 Å². The number of carbonyl (C=O) groups excluding carboxylic acids is 1. The van der Waals surface area contributed by atoms with Crippen molar-refractivity contribution in [2.45, 2.75) is 44.8 Å². The molecular formula is C30H31F2N5O3. The number of urea groups is 1. The number of H-pyrrole nitrogens is 1. The molecule has 2 aromatic carbocycles. The smallest absolute Gasteiger partial charge is 0.322 e. The highest BCUT2D eigenvalue weighted by Crippen LogP contribution is 2.36. The molecule has 1 atom stereocenters. The van der Waals surface area contributed by atoms with Crippen LogP contribution < -0.4 is 20.1 Å². The zero-order valence-corrected chi connectivity index (χ0v) is 22.1. The summed E-state index contributed by atoms with van der Waals surface area (Å²) in [6, 6.07) is 13.5. The van der Waals surface area contributed by atoms with Gasteiger partial charge in [-0.15, -0.1) is 0 Å². The lowest BCUT2D eigenvalue weighted by molar-refractivity contribution is 0.127. The number of halogens is 2. The molecule has 0 saturated carbocycles. The molecule has 0 spiro atoms. The predicted octanol–water partition coefficient (Wildman–Crippen LogP) is 6.57. The van der Waals surface area contributed by atoms with E-state index in [0.717, 1.165) is 48.1 Å². The molecule has 208 valence electrons. The third-order valence-electron chi connectivity index (χ3n) is 7.64. The molecule has 2 aliphatic rings. The molecule has 2 aliphatic heterocycles. The Kier molecular flexibility index (Phi) is 7.25. The van der Waals surface area contributed by atoms with Gasteiger partial charge in [0.25, 0.3) is 6.43 Å². The van der Waals surface area contributed by atoms with Gasteiger partial charge in [0.2, 0.25) is 0 Å². The second-order valence-corrected chi connectivity index (χ2v) is 10.2. The Bertz CT molecular complexity index is 1520. The number of amides is 2. The number of alkyl halides is 2. The molecule has 1 saturated heterocycles. The highest BCUT2D eigenvalue weighted by molar-refractivity contribution is 5.90. The highest BCUT2D eigenvalue weighted by atomic mass is 19.3. The van der Waals surface area contributed by atoms with Gasteiger partial charge in [-0.1, -0.05) is 6.07 Å². The molecule has 0 unspecified atom stereocenters. The first-order valence-corrected chi connectivity index (χ1v) is 13.6. The Morgan fingerprint density at radius 1 is 1.10 bits per heavy atom. The maximum absolute atomic E-state index is 13.9. The van der Waals surface area contributed by atoms with Gasteiger partial charge in [0, 0.05) is 24.6 Å². The minimum absolute atomic E-state index is 0.102. The van der Waals surface area contributed by atoms with Gasteiger partial charge in [0.1, 0.15) is 29.0 Å². The van der Waals surface area contributed by atoms with Crippen molar-refractivity contribution < 1.29 is 23.0 Å². The third-order valence-corrected chi connectivity index (χ3v) is 7.64. The number of pyridine rings is 1. The Morgan fingerprint density at radius 2 is 1.95 bits per heavy atom. The Hall–Kier alpha value is -4.18. The van der Waals surface area contributed by atoms with Crippen LogP contribution in [0.15, 0.2) is 60.9 Å². The number of hydrogen-bond acceptors (Lipinski definition) is 5. The summed E-state index contributed by atoms with van der Waals surface area (Å²) in [5.74, 6) is 1.51. The number of piperidine rings is 1. The number of aromatic nitrogens is 2. The number of rotatable bonds is 6. The van der Waals surface area contributed by atoms with Crippen LogP contribution in [0.3, 0.4) is 0 Å². The van der Waals surface area contributed by atoms with Crippen molar-refractivity contribution in [1.29, 1.82) is 0 Å². The topological polar surface area (TPSA) is 91.5 Å². The fourth-order valence-corrected chi connectivity index (χ4v) is 5.48. The van der Waals surface area contributed by atoms with E-state index in [1.807, 2.05) is 43.5 Å². The minimum Gasteiger partial charge on any atom is -0.490 e. The maximum atomic E-state index is 13.9. The van der Waals surface area contributed by atoms with E-state index in [1.54, 1.807) is 17.2 Å². The van der Waals surface area contributed by atoms with Crippen molar-refractivity contribution in [1.82, 2.24) is 20.2 Å². The number of benzene rings is 2. The van der Waals surface area contributed by atoms with Crippen molar-refractivity contribution in [2.75, 3.05) is 25.0 Å². The lowest BCUT2D eigenvalue weighted by Gasteiger charge is -2.35. The molecular weight excluding hydrogens is 516 g/mol. The number of carbonyl (C=O) groups is 1. The fraction of sp³-hybridized carbons (Fsp3) is 0.333. The van der Waals surface area contributed by atoms with Gasteiger partial charge in [0.05, 0.1) is 17.0 Å². The monoisotopic (exact) mass is 547 g/mol. The van der Waals surface area contributed by atoms with Crippen molar-refractivity contribution in [3.63, 3.8) is 0 Å². The highest BCUT2D eigenvalue weighted by Gasteiger charge is 2.29. The van der Waals surface area contributed by atoms with Gasteiger partial charge < -0.3 is 30.0 Å². The van der Waals surface area contributed by atoms with Crippen LogP contribution in [0.5, 0.6) is 17.2 Å². The van der Waals surface area contributed by atoms with Gasteiger partial charge in [-0.3, -0.25) is 0 Å². The van der Waals surface area contributed by atoms with Gasteiger partial charge in [-0.05, 0) is 92.9 Å². The molecule has 4 aromatic rings. The fourth-order valence-electron chi connectivity index (χ4n) is 5.48. The van der Waals surface area contributed by atoms with Crippen molar-refractivity contribution >= 4 is 22.8 Å². The second kappa shape index (κ2) is 11.1. The van der Waals surface area contributed by atoms with Crippen LogP contribution in [0.25, 0.3) is 11.0 Å². The zero-order chi connectivity index (χ0) is 27.6. The van der Waals surface area contributed by atoms with Crippen molar-refractivity contribution in [3.8, 4) is 17.2 Å². The van der Waals surface area contributed by atoms with Crippen LogP contribution in [-0.4, -0.2) is 46.6 Å². The molecule has 2 aromatic heterocycles. The molecule has 4 heterocycles. The average molecular weight is 548 g/mol. The van der Waals surface area contributed by atoms with Gasteiger partial charge in [0.15, 0.2) is 0 Å². The number of nitrogens with one attached hydrogen (secondary N) is 3. The third kappa shape index (κ3) is 5.31. The predicted molar refractivity (Wildman–Crippen MR) is 148 cm³/mol. The normalized spacial score (nSPS) is 17.6. The number of aromatic amines is 1. The summed E-state index contributed by atoms with van der Waals surface area (Å²) in [6.45, 7) is 4.06. The first-order valence-electron chi connectivity index (χ1n) is 13.6. The molecule has 2 amide bonds. The summed E-state index contributed by atoms with van der Waals surface area (Å²) < 4.78 is 39.9. The first-order chi connectivity index (χ1) is 19.5. The maximum Gasteiger partial charge on any atom is 0.322 e. The van der Waals surface area contributed by atoms with E-state index in [9.17, 15) is 13.6 Å². The lowest BCUT2D eigenvalue weighted by atomic mass is 9.93. The van der Waals surface area contributed by atoms with E-state index < -0.39 is 6.43 Å². The molecule has 0 aliphatic carbocycles. The molecule has 40 heavy (non-hydrogen) atoms. The molecule has 0 radical (unpaired) electrons. The van der Waals surface area contributed by atoms with E-state index in [-0.39, 0.29) is 29.5 Å². The molecule has 8 nitrogen and oxygen atoms in total. The van der Waals surface area contributed by atoms with Crippen LogP contribution in [0.1, 0.15) is 48.9 Å². The SMILES string of the molecule is C[C@H]1c2cc(Oc3ccnc4[nH]ccc34)ccc2CCN1C(=O)Nc1ccc(OC2CCNCC2)c(C(F)F)c1. The molecule has 3 N–H and O–H groups in total. The molecule has 0 bridgehead atoms. The number of nitrogens with zero attached hydrogens (tertiary/aromatic N) is 2. The van der Waals surface area contributed by atoms with Crippen molar-refractivity contribution in [2.24, 2.45) is 0 Å². The lowest BCUT2D eigenvalue weighted by Crippen LogP contribution is -2.41. The summed E-state index contributed by atoms with van der Waals surface area (Å²) in [7, 11) is 0. The molecule has 10 heteroatoms. The Labute approximate surface area is 230 Å². The summed E-state index contributed by atoms with van der Waals surface area (Å²) >= 11 is 0. The van der Waals surface area contributed by atoms with Crippen molar-refractivity contribution in [3.05, 3.63) is 77.6 Å². The van der Waals surface area contributed by atoms with Crippen LogP contribution in [-0.2, 0) is 6.42 Å². The Balaban J connectivity index is 1.17. The second-order valence-electron chi connectivity index (χ2n) is 10.2.